The van der Waals surface area contributed by atoms with Crippen LogP contribution in [0.5, 0.6) is 0 Å². The molecule has 0 aromatic carbocycles. The van der Waals surface area contributed by atoms with Gasteiger partial charge in [0.25, 0.3) is 0 Å². The van der Waals surface area contributed by atoms with Crippen LogP contribution in [0.3, 0.4) is 0 Å². The Labute approximate surface area is 147 Å². The van der Waals surface area contributed by atoms with Gasteiger partial charge in [0.1, 0.15) is 10.8 Å². The number of thioether (sulfide) groups is 2. The molecule has 4 heteroatoms. The Morgan fingerprint density at radius 2 is 0.864 bits per heavy atom. The van der Waals surface area contributed by atoms with Gasteiger partial charge in [0.2, 0.25) is 0 Å². The Morgan fingerprint density at radius 3 is 1.18 bits per heavy atom. The number of thiocyanates is 2. The van der Waals surface area contributed by atoms with Gasteiger partial charge in [0, 0.05) is 11.5 Å². The molecule has 0 aliphatic rings. The van der Waals surface area contributed by atoms with Gasteiger partial charge in [-0.3, -0.25) is 0 Å². The molecule has 0 aromatic rings. The summed E-state index contributed by atoms with van der Waals surface area (Å²) in [6, 6.07) is 0. The summed E-state index contributed by atoms with van der Waals surface area (Å²) in [4.78, 5) is 0. The standard InChI is InChI=1S/2C9H17NS/c2*1-2-3-4-5-6-7-8-11-9-10/h2*2-8H2,1H3. The topological polar surface area (TPSA) is 47.6 Å². The molecule has 0 atom stereocenters. The van der Waals surface area contributed by atoms with Gasteiger partial charge in [0.15, 0.2) is 0 Å². The summed E-state index contributed by atoms with van der Waals surface area (Å²) in [6.07, 6.45) is 15.8. The molecule has 0 rings (SSSR count). The van der Waals surface area contributed by atoms with Crippen molar-refractivity contribution in [3.05, 3.63) is 0 Å². The minimum atomic E-state index is 1.02. The van der Waals surface area contributed by atoms with Gasteiger partial charge >= 0.3 is 0 Å². The predicted molar refractivity (Wildman–Crippen MR) is 103 cm³/mol. The lowest BCUT2D eigenvalue weighted by Crippen LogP contribution is -1.80. The van der Waals surface area contributed by atoms with Crippen molar-refractivity contribution >= 4 is 23.5 Å². The summed E-state index contributed by atoms with van der Waals surface area (Å²) in [5.74, 6) is 2.03. The van der Waals surface area contributed by atoms with Crippen molar-refractivity contribution in [2.75, 3.05) is 11.5 Å². The van der Waals surface area contributed by atoms with Crippen LogP contribution in [0.25, 0.3) is 0 Å². The smallest absolute Gasteiger partial charge is 0.133 e. The SMILES string of the molecule is CCCCCCCCSC#N.CCCCCCCCSC#N. The fourth-order valence-electron chi connectivity index (χ4n) is 2.00. The second-order valence-electron chi connectivity index (χ2n) is 5.42. The van der Waals surface area contributed by atoms with Crippen LogP contribution in [0.2, 0.25) is 0 Å². The summed E-state index contributed by atoms with van der Waals surface area (Å²) >= 11 is 2.75. The van der Waals surface area contributed by atoms with Crippen molar-refractivity contribution < 1.29 is 0 Å². The molecule has 0 aliphatic heterocycles. The van der Waals surface area contributed by atoms with E-state index in [2.05, 4.69) is 24.6 Å². The molecule has 0 amide bonds. The monoisotopic (exact) mass is 342 g/mol. The highest BCUT2D eigenvalue weighted by atomic mass is 32.2. The molecule has 0 saturated heterocycles. The molecule has 22 heavy (non-hydrogen) atoms. The lowest BCUT2D eigenvalue weighted by molar-refractivity contribution is 0.627. The van der Waals surface area contributed by atoms with E-state index in [1.165, 1.54) is 101 Å². The van der Waals surface area contributed by atoms with Crippen LogP contribution in [0.4, 0.5) is 0 Å². The fraction of sp³-hybridized carbons (Fsp3) is 0.889. The van der Waals surface area contributed by atoms with E-state index in [0.29, 0.717) is 0 Å². The van der Waals surface area contributed by atoms with Gasteiger partial charge in [0.05, 0.1) is 0 Å². The van der Waals surface area contributed by atoms with E-state index in [4.69, 9.17) is 10.5 Å². The molecule has 0 fully saturated rings. The number of nitrogens with zero attached hydrogens (tertiary/aromatic N) is 2. The van der Waals surface area contributed by atoms with Crippen LogP contribution in [0.15, 0.2) is 0 Å². The molecule has 0 saturated carbocycles. The van der Waals surface area contributed by atoms with Gasteiger partial charge in [-0.1, -0.05) is 78.1 Å². The molecule has 0 spiro atoms. The highest BCUT2D eigenvalue weighted by Gasteiger charge is 1.90. The second-order valence-corrected chi connectivity index (χ2v) is 7.17. The summed E-state index contributed by atoms with van der Waals surface area (Å²) in [6.45, 7) is 4.46. The number of rotatable bonds is 14. The first-order valence-electron chi connectivity index (χ1n) is 8.85. The third-order valence-corrected chi connectivity index (χ3v) is 4.57. The van der Waals surface area contributed by atoms with E-state index < -0.39 is 0 Å². The first kappa shape index (κ1) is 23.9. The number of nitriles is 2. The maximum Gasteiger partial charge on any atom is 0.133 e. The highest BCUT2D eigenvalue weighted by Crippen LogP contribution is 2.09. The Balaban J connectivity index is 0. The molecule has 2 nitrogen and oxygen atoms in total. The molecule has 0 N–H and O–H groups in total. The largest absolute Gasteiger partial charge is 0.185 e. The van der Waals surface area contributed by atoms with E-state index in [1.807, 2.05) is 0 Å². The minimum Gasteiger partial charge on any atom is -0.185 e. The van der Waals surface area contributed by atoms with Crippen molar-refractivity contribution in [1.82, 2.24) is 0 Å². The van der Waals surface area contributed by atoms with Crippen LogP contribution in [-0.4, -0.2) is 11.5 Å². The van der Waals surface area contributed by atoms with Crippen molar-refractivity contribution in [1.29, 1.82) is 10.5 Å². The van der Waals surface area contributed by atoms with E-state index in [-0.39, 0.29) is 0 Å². The van der Waals surface area contributed by atoms with Crippen LogP contribution in [-0.2, 0) is 0 Å². The Hall–Kier alpha value is -0.320. The first-order valence-corrected chi connectivity index (χ1v) is 10.8. The molecule has 0 bridgehead atoms. The van der Waals surface area contributed by atoms with Crippen molar-refractivity contribution in [3.63, 3.8) is 0 Å². The van der Waals surface area contributed by atoms with Crippen molar-refractivity contribution in [2.45, 2.75) is 90.9 Å². The van der Waals surface area contributed by atoms with E-state index >= 15 is 0 Å². The third kappa shape index (κ3) is 27.9. The lowest BCUT2D eigenvalue weighted by atomic mass is 10.1. The van der Waals surface area contributed by atoms with Crippen LogP contribution < -0.4 is 0 Å². The average Bonchev–Trinajstić information content (AvgIpc) is 2.54. The van der Waals surface area contributed by atoms with Crippen molar-refractivity contribution in [3.8, 4) is 10.8 Å². The van der Waals surface area contributed by atoms with Gasteiger partial charge in [-0.25, -0.2) is 0 Å². The highest BCUT2D eigenvalue weighted by molar-refractivity contribution is 8.03. The zero-order valence-corrected chi connectivity index (χ0v) is 16.2. The van der Waals surface area contributed by atoms with E-state index in [0.717, 1.165) is 11.5 Å². The third-order valence-electron chi connectivity index (χ3n) is 3.33. The maximum atomic E-state index is 8.22. The summed E-state index contributed by atoms with van der Waals surface area (Å²) in [7, 11) is 0. The molecule has 0 unspecified atom stereocenters. The molecule has 0 radical (unpaired) electrons. The quantitative estimate of drug-likeness (QED) is 0.249. The number of hydrogen-bond donors (Lipinski definition) is 0. The maximum absolute atomic E-state index is 8.22. The zero-order chi connectivity index (χ0) is 16.7. The normalized spacial score (nSPS) is 9.45. The molecule has 0 heterocycles. The summed E-state index contributed by atoms with van der Waals surface area (Å²) in [5, 5.41) is 20.6. The van der Waals surface area contributed by atoms with Gasteiger partial charge < -0.3 is 0 Å². The summed E-state index contributed by atoms with van der Waals surface area (Å²) in [5.41, 5.74) is 0. The number of hydrogen-bond acceptors (Lipinski definition) is 4. The van der Waals surface area contributed by atoms with Gasteiger partial charge in [-0.15, -0.1) is 0 Å². The second kappa shape index (κ2) is 25.6. The number of unbranched alkanes of at least 4 members (excludes halogenated alkanes) is 10. The predicted octanol–water partition coefficient (Wildman–Crippen LogP) is 7.12. The van der Waals surface area contributed by atoms with Gasteiger partial charge in [-0.2, -0.15) is 10.5 Å². The Kier molecular flexibility index (Phi) is 27.9. The lowest BCUT2D eigenvalue weighted by Gasteiger charge is -1.96. The van der Waals surface area contributed by atoms with Crippen molar-refractivity contribution in [2.24, 2.45) is 0 Å². The molecule has 0 aliphatic carbocycles. The molecular weight excluding hydrogens is 308 g/mol. The fourth-order valence-corrected chi connectivity index (χ4v) is 2.88. The molecular formula is C18H34N2S2. The Bertz CT molecular complexity index is 241. The summed E-state index contributed by atoms with van der Waals surface area (Å²) < 4.78 is 0. The molecule has 128 valence electrons. The molecule has 0 aromatic heterocycles. The van der Waals surface area contributed by atoms with Crippen LogP contribution >= 0.6 is 23.5 Å². The van der Waals surface area contributed by atoms with E-state index in [9.17, 15) is 0 Å². The van der Waals surface area contributed by atoms with Gasteiger partial charge in [-0.05, 0) is 36.4 Å². The average molecular weight is 343 g/mol. The zero-order valence-electron chi connectivity index (χ0n) is 14.6. The van der Waals surface area contributed by atoms with Crippen LogP contribution in [0, 0.1) is 21.3 Å². The van der Waals surface area contributed by atoms with Crippen LogP contribution in [0.1, 0.15) is 90.9 Å². The first-order chi connectivity index (χ1) is 10.8. The van der Waals surface area contributed by atoms with E-state index in [1.54, 1.807) is 0 Å². The minimum absolute atomic E-state index is 1.02. The Morgan fingerprint density at radius 1 is 0.545 bits per heavy atom.